The van der Waals surface area contributed by atoms with Gasteiger partial charge in [-0.1, -0.05) is 13.8 Å². The minimum atomic E-state index is 0.197. The van der Waals surface area contributed by atoms with Crippen LogP contribution in [0.4, 0.5) is 4.79 Å². The molecule has 0 aliphatic carbocycles. The Morgan fingerprint density at radius 1 is 1.00 bits per heavy atom. The van der Waals surface area contributed by atoms with Gasteiger partial charge in [-0.25, -0.2) is 4.79 Å². The molecule has 104 valence electrons. The van der Waals surface area contributed by atoms with Crippen LogP contribution in [0.15, 0.2) is 0 Å². The van der Waals surface area contributed by atoms with Gasteiger partial charge in [-0.3, -0.25) is 4.90 Å². The summed E-state index contributed by atoms with van der Waals surface area (Å²) >= 11 is 0. The lowest BCUT2D eigenvalue weighted by atomic mass is 10.2. The Balaban J connectivity index is 1.76. The molecule has 2 aliphatic heterocycles. The minimum Gasteiger partial charge on any atom is -0.378 e. The van der Waals surface area contributed by atoms with Crippen molar-refractivity contribution < 1.29 is 9.53 Å². The van der Waals surface area contributed by atoms with Crippen LogP contribution in [0.2, 0.25) is 0 Å². The van der Waals surface area contributed by atoms with E-state index in [1.54, 1.807) is 0 Å². The van der Waals surface area contributed by atoms with Crippen molar-refractivity contribution in [1.82, 2.24) is 14.7 Å². The van der Waals surface area contributed by atoms with Gasteiger partial charge in [0.2, 0.25) is 0 Å². The van der Waals surface area contributed by atoms with Gasteiger partial charge < -0.3 is 14.5 Å². The number of carbonyl (C=O) groups is 1. The van der Waals surface area contributed by atoms with Gasteiger partial charge in [0.1, 0.15) is 0 Å². The topological polar surface area (TPSA) is 36.0 Å². The molecule has 0 aromatic rings. The van der Waals surface area contributed by atoms with Crippen molar-refractivity contribution in [2.24, 2.45) is 5.92 Å². The molecule has 5 heteroatoms. The van der Waals surface area contributed by atoms with Crippen molar-refractivity contribution in [2.45, 2.75) is 13.8 Å². The Labute approximate surface area is 110 Å². The first-order chi connectivity index (χ1) is 8.66. The van der Waals surface area contributed by atoms with Crippen molar-refractivity contribution in [3.8, 4) is 0 Å². The van der Waals surface area contributed by atoms with Crippen LogP contribution in [0, 0.1) is 5.92 Å². The van der Waals surface area contributed by atoms with Crippen molar-refractivity contribution in [3.05, 3.63) is 0 Å². The third-order valence-electron chi connectivity index (χ3n) is 3.55. The molecular weight excluding hydrogens is 230 g/mol. The van der Waals surface area contributed by atoms with Gasteiger partial charge in [-0.15, -0.1) is 0 Å². The van der Waals surface area contributed by atoms with Crippen LogP contribution >= 0.6 is 0 Å². The van der Waals surface area contributed by atoms with Crippen molar-refractivity contribution in [3.63, 3.8) is 0 Å². The summed E-state index contributed by atoms with van der Waals surface area (Å²) in [6.45, 7) is 12.2. The number of piperazine rings is 1. The average Bonchev–Trinajstić information content (AvgIpc) is 2.39. The van der Waals surface area contributed by atoms with Gasteiger partial charge in [0.25, 0.3) is 0 Å². The number of urea groups is 1. The Morgan fingerprint density at radius 3 is 2.11 bits per heavy atom. The normalized spacial score (nSPS) is 22.6. The Hall–Kier alpha value is -0.810. The Kier molecular flexibility index (Phi) is 4.83. The Morgan fingerprint density at radius 2 is 1.56 bits per heavy atom. The molecule has 0 bridgehead atoms. The summed E-state index contributed by atoms with van der Waals surface area (Å²) in [5, 5.41) is 0. The molecule has 2 rings (SSSR count). The minimum absolute atomic E-state index is 0.197. The van der Waals surface area contributed by atoms with E-state index in [0.29, 0.717) is 19.1 Å². The number of hydrogen-bond donors (Lipinski definition) is 0. The number of nitrogens with zero attached hydrogens (tertiary/aromatic N) is 3. The van der Waals surface area contributed by atoms with Gasteiger partial charge in [-0.2, -0.15) is 0 Å². The molecule has 18 heavy (non-hydrogen) atoms. The summed E-state index contributed by atoms with van der Waals surface area (Å²) in [6, 6.07) is 0.197. The quantitative estimate of drug-likeness (QED) is 0.729. The van der Waals surface area contributed by atoms with Crippen LogP contribution in [-0.4, -0.2) is 79.8 Å². The second kappa shape index (κ2) is 6.38. The zero-order valence-electron chi connectivity index (χ0n) is 11.6. The van der Waals surface area contributed by atoms with Crippen molar-refractivity contribution >= 4 is 6.03 Å². The summed E-state index contributed by atoms with van der Waals surface area (Å²) in [5.74, 6) is 0.700. The molecule has 2 aliphatic rings. The molecule has 0 saturated carbocycles. The molecule has 2 fully saturated rings. The Bertz CT molecular complexity index is 269. The summed E-state index contributed by atoms with van der Waals surface area (Å²) in [7, 11) is 0. The van der Waals surface area contributed by atoms with Crippen LogP contribution in [0.25, 0.3) is 0 Å². The molecular formula is C13H25N3O2. The average molecular weight is 255 g/mol. The van der Waals surface area contributed by atoms with Crippen molar-refractivity contribution in [1.29, 1.82) is 0 Å². The molecule has 0 N–H and O–H groups in total. The fourth-order valence-corrected chi connectivity index (χ4v) is 2.59. The SMILES string of the molecule is CC(C)CN1CCN(C(=O)N2CCOCC2)CC1. The summed E-state index contributed by atoms with van der Waals surface area (Å²) in [6.07, 6.45) is 0. The van der Waals surface area contributed by atoms with Crippen LogP contribution in [-0.2, 0) is 4.74 Å². The van der Waals surface area contributed by atoms with E-state index in [-0.39, 0.29) is 6.03 Å². The van der Waals surface area contributed by atoms with E-state index in [2.05, 4.69) is 18.7 Å². The van der Waals surface area contributed by atoms with Crippen molar-refractivity contribution in [2.75, 3.05) is 59.0 Å². The molecule has 0 radical (unpaired) electrons. The smallest absolute Gasteiger partial charge is 0.320 e. The zero-order chi connectivity index (χ0) is 13.0. The lowest BCUT2D eigenvalue weighted by molar-refractivity contribution is 0.0371. The van der Waals surface area contributed by atoms with E-state index in [4.69, 9.17) is 4.74 Å². The molecule has 2 heterocycles. The highest BCUT2D eigenvalue weighted by Gasteiger charge is 2.26. The highest BCUT2D eigenvalue weighted by Crippen LogP contribution is 2.09. The second-order valence-electron chi connectivity index (χ2n) is 5.56. The van der Waals surface area contributed by atoms with Gasteiger partial charge in [0.15, 0.2) is 0 Å². The van der Waals surface area contributed by atoms with Crippen LogP contribution in [0.1, 0.15) is 13.8 Å². The number of hydrogen-bond acceptors (Lipinski definition) is 3. The first-order valence-corrected chi connectivity index (χ1v) is 7.01. The van der Waals surface area contributed by atoms with Gasteiger partial charge in [0, 0.05) is 45.8 Å². The first-order valence-electron chi connectivity index (χ1n) is 7.01. The first kappa shape index (κ1) is 13.6. The molecule has 5 nitrogen and oxygen atoms in total. The zero-order valence-corrected chi connectivity index (χ0v) is 11.6. The number of amides is 2. The molecule has 0 aromatic carbocycles. The molecule has 0 spiro atoms. The summed E-state index contributed by atoms with van der Waals surface area (Å²) in [4.78, 5) is 18.6. The maximum absolute atomic E-state index is 12.3. The lowest BCUT2D eigenvalue weighted by Gasteiger charge is -2.39. The standard InChI is InChI=1S/C13H25N3O2/c1-12(2)11-14-3-5-15(6-4-14)13(17)16-7-9-18-10-8-16/h12H,3-11H2,1-2H3. The largest absolute Gasteiger partial charge is 0.378 e. The van der Waals surface area contributed by atoms with Crippen LogP contribution in [0.5, 0.6) is 0 Å². The lowest BCUT2D eigenvalue weighted by Crippen LogP contribution is -2.55. The predicted octanol–water partition coefficient (Wildman–Crippen LogP) is 0.712. The molecule has 0 aromatic heterocycles. The van der Waals surface area contributed by atoms with Gasteiger partial charge in [0.05, 0.1) is 13.2 Å². The number of rotatable bonds is 2. The third-order valence-corrected chi connectivity index (χ3v) is 3.55. The third kappa shape index (κ3) is 3.59. The van der Waals surface area contributed by atoms with E-state index >= 15 is 0 Å². The van der Waals surface area contributed by atoms with Gasteiger partial charge in [-0.05, 0) is 5.92 Å². The summed E-state index contributed by atoms with van der Waals surface area (Å²) in [5.41, 5.74) is 0. The molecule has 0 unspecified atom stereocenters. The molecule has 2 amide bonds. The van der Waals surface area contributed by atoms with E-state index in [1.807, 2.05) is 9.80 Å². The highest BCUT2D eigenvalue weighted by molar-refractivity contribution is 5.74. The maximum atomic E-state index is 12.3. The number of morpholine rings is 1. The second-order valence-corrected chi connectivity index (χ2v) is 5.56. The number of ether oxygens (including phenoxy) is 1. The highest BCUT2D eigenvalue weighted by atomic mass is 16.5. The van der Waals surface area contributed by atoms with E-state index in [9.17, 15) is 4.79 Å². The molecule has 0 atom stereocenters. The van der Waals surface area contributed by atoms with Gasteiger partial charge >= 0.3 is 6.03 Å². The van der Waals surface area contributed by atoms with E-state index in [0.717, 1.165) is 45.8 Å². The fraction of sp³-hybridized carbons (Fsp3) is 0.923. The maximum Gasteiger partial charge on any atom is 0.320 e. The van der Waals surface area contributed by atoms with Crippen LogP contribution < -0.4 is 0 Å². The van der Waals surface area contributed by atoms with E-state index in [1.165, 1.54) is 0 Å². The molecule has 2 saturated heterocycles. The predicted molar refractivity (Wildman–Crippen MR) is 70.6 cm³/mol. The fourth-order valence-electron chi connectivity index (χ4n) is 2.59. The number of carbonyl (C=O) groups excluding carboxylic acids is 1. The van der Waals surface area contributed by atoms with E-state index < -0.39 is 0 Å². The van der Waals surface area contributed by atoms with Crippen LogP contribution in [0.3, 0.4) is 0 Å². The monoisotopic (exact) mass is 255 g/mol. The summed E-state index contributed by atoms with van der Waals surface area (Å²) < 4.78 is 5.28.